The zero-order chi connectivity index (χ0) is 20.0. The molecular weight excluding hydrogens is 390 g/mol. The second-order valence-corrected chi connectivity index (χ2v) is 6.97. The summed E-state index contributed by atoms with van der Waals surface area (Å²) >= 11 is 12.2. The quantitative estimate of drug-likeness (QED) is 0.742. The van der Waals surface area contributed by atoms with Gasteiger partial charge in [-0.25, -0.2) is 4.39 Å². The number of hydrogen-bond acceptors (Lipinski definition) is 2. The molecule has 0 unspecified atom stereocenters. The van der Waals surface area contributed by atoms with E-state index in [0.717, 1.165) is 0 Å². The van der Waals surface area contributed by atoms with Crippen LogP contribution < -0.4 is 5.32 Å². The Balaban J connectivity index is 2.26. The summed E-state index contributed by atoms with van der Waals surface area (Å²) in [7, 11) is 0. The number of amides is 2. The molecule has 0 aliphatic heterocycles. The van der Waals surface area contributed by atoms with Crippen LogP contribution in [-0.4, -0.2) is 29.3 Å². The fourth-order valence-corrected chi connectivity index (χ4v) is 3.08. The molecule has 0 heterocycles. The van der Waals surface area contributed by atoms with E-state index in [2.05, 4.69) is 5.32 Å². The molecule has 0 bridgehead atoms. The largest absolute Gasteiger partial charge is 0.355 e. The van der Waals surface area contributed by atoms with Gasteiger partial charge in [0.05, 0.1) is 6.42 Å². The lowest BCUT2D eigenvalue weighted by Crippen LogP contribution is -2.48. The fraction of sp³-hybridized carbons (Fsp3) is 0.300. The Morgan fingerprint density at radius 3 is 2.41 bits per heavy atom. The highest BCUT2D eigenvalue weighted by molar-refractivity contribution is 6.35. The third-order valence-electron chi connectivity index (χ3n) is 4.14. The van der Waals surface area contributed by atoms with Crippen molar-refractivity contribution >= 4 is 35.0 Å². The topological polar surface area (TPSA) is 49.4 Å². The number of carbonyl (C=O) groups is 2. The molecule has 144 valence electrons. The predicted molar refractivity (Wildman–Crippen MR) is 105 cm³/mol. The normalized spacial score (nSPS) is 11.7. The molecule has 7 heteroatoms. The Morgan fingerprint density at radius 1 is 1.15 bits per heavy atom. The SMILES string of the molecule is CCNC(=O)[C@@H](C)N(Cc1ccc(Cl)cc1Cl)C(=O)Cc1ccc(F)cc1. The predicted octanol–water partition coefficient (Wildman–Crippen LogP) is 4.23. The Bertz CT molecular complexity index is 812. The minimum atomic E-state index is -0.690. The van der Waals surface area contributed by atoms with Gasteiger partial charge in [0.2, 0.25) is 11.8 Å². The fourth-order valence-electron chi connectivity index (χ4n) is 2.62. The third-order valence-corrected chi connectivity index (χ3v) is 4.73. The monoisotopic (exact) mass is 410 g/mol. The first kappa shape index (κ1) is 21.2. The van der Waals surface area contributed by atoms with Crippen LogP contribution in [0.2, 0.25) is 10.0 Å². The molecule has 2 aromatic carbocycles. The van der Waals surface area contributed by atoms with E-state index < -0.39 is 6.04 Å². The van der Waals surface area contributed by atoms with E-state index in [9.17, 15) is 14.0 Å². The van der Waals surface area contributed by atoms with Gasteiger partial charge in [0, 0.05) is 23.1 Å². The van der Waals surface area contributed by atoms with Crippen molar-refractivity contribution in [1.29, 1.82) is 0 Å². The van der Waals surface area contributed by atoms with Crippen molar-refractivity contribution in [3.05, 3.63) is 69.5 Å². The second-order valence-electron chi connectivity index (χ2n) is 6.13. The summed E-state index contributed by atoms with van der Waals surface area (Å²) in [5.74, 6) is -0.881. The van der Waals surface area contributed by atoms with Gasteiger partial charge in [-0.1, -0.05) is 41.4 Å². The molecule has 2 rings (SSSR count). The summed E-state index contributed by atoms with van der Waals surface area (Å²) in [6, 6.07) is 10.0. The van der Waals surface area contributed by atoms with Crippen molar-refractivity contribution in [2.75, 3.05) is 6.54 Å². The van der Waals surface area contributed by atoms with E-state index in [4.69, 9.17) is 23.2 Å². The van der Waals surface area contributed by atoms with Gasteiger partial charge in [0.1, 0.15) is 11.9 Å². The zero-order valence-electron chi connectivity index (χ0n) is 15.1. The number of rotatable bonds is 7. The molecule has 27 heavy (non-hydrogen) atoms. The van der Waals surface area contributed by atoms with Gasteiger partial charge >= 0.3 is 0 Å². The van der Waals surface area contributed by atoms with Gasteiger partial charge in [-0.3, -0.25) is 9.59 Å². The first-order valence-corrected chi connectivity index (χ1v) is 9.33. The number of nitrogens with zero attached hydrogens (tertiary/aromatic N) is 1. The molecule has 2 amide bonds. The molecule has 0 aliphatic carbocycles. The number of carbonyl (C=O) groups excluding carboxylic acids is 2. The smallest absolute Gasteiger partial charge is 0.242 e. The Labute approximate surface area is 168 Å². The van der Waals surface area contributed by atoms with Gasteiger partial charge in [0.25, 0.3) is 0 Å². The van der Waals surface area contributed by atoms with E-state index in [1.54, 1.807) is 37.3 Å². The van der Waals surface area contributed by atoms with Crippen LogP contribution in [0.5, 0.6) is 0 Å². The summed E-state index contributed by atoms with van der Waals surface area (Å²) in [6.45, 7) is 4.10. The van der Waals surface area contributed by atoms with Crippen LogP contribution in [0.4, 0.5) is 4.39 Å². The van der Waals surface area contributed by atoms with E-state index in [1.165, 1.54) is 17.0 Å². The van der Waals surface area contributed by atoms with Crippen molar-refractivity contribution in [3.8, 4) is 0 Å². The van der Waals surface area contributed by atoms with Gasteiger partial charge in [-0.2, -0.15) is 0 Å². The van der Waals surface area contributed by atoms with E-state index in [-0.39, 0.29) is 30.6 Å². The number of hydrogen-bond donors (Lipinski definition) is 1. The van der Waals surface area contributed by atoms with Crippen LogP contribution >= 0.6 is 23.2 Å². The van der Waals surface area contributed by atoms with Gasteiger partial charge in [-0.05, 0) is 49.2 Å². The molecular formula is C20H21Cl2FN2O2. The Kier molecular flexibility index (Phi) is 7.63. The molecule has 0 saturated carbocycles. The average Bonchev–Trinajstić information content (AvgIpc) is 2.62. The molecule has 0 spiro atoms. The lowest BCUT2D eigenvalue weighted by atomic mass is 10.1. The van der Waals surface area contributed by atoms with Crippen LogP contribution in [0.3, 0.4) is 0 Å². The van der Waals surface area contributed by atoms with Gasteiger partial charge in [0.15, 0.2) is 0 Å². The number of likely N-dealkylation sites (N-methyl/N-ethyl adjacent to an activating group) is 1. The summed E-state index contributed by atoms with van der Waals surface area (Å²) in [4.78, 5) is 26.7. The number of benzene rings is 2. The van der Waals surface area contributed by atoms with E-state index in [0.29, 0.717) is 27.7 Å². The lowest BCUT2D eigenvalue weighted by Gasteiger charge is -2.29. The number of halogens is 3. The Morgan fingerprint density at radius 2 is 1.81 bits per heavy atom. The minimum Gasteiger partial charge on any atom is -0.355 e. The van der Waals surface area contributed by atoms with Crippen molar-refractivity contribution in [2.45, 2.75) is 32.9 Å². The van der Waals surface area contributed by atoms with Crippen LogP contribution in [0, 0.1) is 5.82 Å². The molecule has 1 N–H and O–H groups in total. The summed E-state index contributed by atoms with van der Waals surface area (Å²) in [6.07, 6.45) is 0.0508. The summed E-state index contributed by atoms with van der Waals surface area (Å²) in [5, 5.41) is 3.64. The van der Waals surface area contributed by atoms with Crippen LogP contribution in [0.1, 0.15) is 25.0 Å². The molecule has 0 aliphatic rings. The van der Waals surface area contributed by atoms with E-state index >= 15 is 0 Å². The van der Waals surface area contributed by atoms with Crippen LogP contribution in [0.25, 0.3) is 0 Å². The molecule has 1 atom stereocenters. The highest BCUT2D eigenvalue weighted by atomic mass is 35.5. The molecule has 4 nitrogen and oxygen atoms in total. The highest BCUT2D eigenvalue weighted by Crippen LogP contribution is 2.23. The lowest BCUT2D eigenvalue weighted by molar-refractivity contribution is -0.140. The van der Waals surface area contributed by atoms with Crippen LogP contribution in [0.15, 0.2) is 42.5 Å². The van der Waals surface area contributed by atoms with E-state index in [1.807, 2.05) is 6.92 Å². The van der Waals surface area contributed by atoms with Crippen molar-refractivity contribution in [2.24, 2.45) is 0 Å². The maximum Gasteiger partial charge on any atom is 0.242 e. The summed E-state index contributed by atoms with van der Waals surface area (Å²) < 4.78 is 13.1. The molecule has 0 saturated heterocycles. The first-order valence-electron chi connectivity index (χ1n) is 8.57. The highest BCUT2D eigenvalue weighted by Gasteiger charge is 2.26. The van der Waals surface area contributed by atoms with Crippen LogP contribution in [-0.2, 0) is 22.6 Å². The number of nitrogens with one attached hydrogen (secondary N) is 1. The van der Waals surface area contributed by atoms with Gasteiger partial charge in [-0.15, -0.1) is 0 Å². The molecule has 2 aromatic rings. The third kappa shape index (κ3) is 5.94. The maximum absolute atomic E-state index is 13.1. The molecule has 0 fully saturated rings. The van der Waals surface area contributed by atoms with Crippen molar-refractivity contribution in [3.63, 3.8) is 0 Å². The maximum atomic E-state index is 13.1. The minimum absolute atomic E-state index is 0.0508. The Hall–Kier alpha value is -2.11. The molecule has 0 aromatic heterocycles. The molecule has 0 radical (unpaired) electrons. The van der Waals surface area contributed by atoms with Crippen molar-refractivity contribution < 1.29 is 14.0 Å². The van der Waals surface area contributed by atoms with Crippen molar-refractivity contribution in [1.82, 2.24) is 10.2 Å². The second kappa shape index (κ2) is 9.72. The standard InChI is InChI=1S/C20H21Cl2FN2O2/c1-3-24-20(27)13(2)25(12-15-6-7-16(21)11-18(15)22)19(26)10-14-4-8-17(23)9-5-14/h4-9,11,13H,3,10,12H2,1-2H3,(H,24,27)/t13-/m1/s1. The summed E-state index contributed by atoms with van der Waals surface area (Å²) in [5.41, 5.74) is 1.35. The van der Waals surface area contributed by atoms with Gasteiger partial charge < -0.3 is 10.2 Å². The average molecular weight is 411 g/mol. The first-order chi connectivity index (χ1) is 12.8. The zero-order valence-corrected chi connectivity index (χ0v) is 16.6.